The van der Waals surface area contributed by atoms with Crippen LogP contribution < -0.4 is 9.75 Å². The Morgan fingerprint density at radius 2 is 1.76 bits per heavy atom. The molecule has 0 fully saturated rings. The summed E-state index contributed by atoms with van der Waals surface area (Å²) in [6.45, 7) is 1.69. The van der Waals surface area contributed by atoms with Crippen molar-refractivity contribution in [2.45, 2.75) is 13.1 Å². The summed E-state index contributed by atoms with van der Waals surface area (Å²) in [6, 6.07) is 17.2. The molecule has 0 aromatic heterocycles. The van der Waals surface area contributed by atoms with Gasteiger partial charge in [0.25, 0.3) is 5.91 Å². The molecule has 3 aromatic rings. The summed E-state index contributed by atoms with van der Waals surface area (Å²) in [5.41, 5.74) is 0.0374. The Bertz CT molecular complexity index is 1330. The number of hydrogen-bond acceptors (Lipinski definition) is 5. The number of benzene rings is 3. The smallest absolute Gasteiger partial charge is 0.416 e. The van der Waals surface area contributed by atoms with Gasteiger partial charge in [0.2, 0.25) is 5.75 Å². The molecule has 3 aromatic carbocycles. The molecule has 172 valence electrons. The first-order chi connectivity index (χ1) is 16.1. The quantitative estimate of drug-likeness (QED) is 0.254. The van der Waals surface area contributed by atoms with Gasteiger partial charge in [0.1, 0.15) is 5.75 Å². The van der Waals surface area contributed by atoms with Crippen LogP contribution in [0, 0.1) is 10.1 Å². The zero-order valence-corrected chi connectivity index (χ0v) is 17.6. The van der Waals surface area contributed by atoms with E-state index >= 15 is 0 Å². The van der Waals surface area contributed by atoms with E-state index in [0.29, 0.717) is 34.7 Å². The lowest BCUT2D eigenvalue weighted by atomic mass is 10.1. The first-order valence-corrected chi connectivity index (χ1v) is 9.94. The van der Waals surface area contributed by atoms with Crippen LogP contribution >= 0.6 is 0 Å². The monoisotopic (exact) mass is 467 g/mol. The van der Waals surface area contributed by atoms with E-state index in [2.05, 4.69) is 5.10 Å². The highest BCUT2D eigenvalue weighted by atomic mass is 19.4. The largest absolute Gasteiger partial charge is 0.450 e. The number of nitro groups is 1. The van der Waals surface area contributed by atoms with Gasteiger partial charge in [-0.05, 0) is 55.0 Å². The van der Waals surface area contributed by atoms with Crippen molar-refractivity contribution in [3.05, 3.63) is 99.6 Å². The second-order valence-corrected chi connectivity index (χ2v) is 7.31. The van der Waals surface area contributed by atoms with Gasteiger partial charge < -0.3 is 4.74 Å². The van der Waals surface area contributed by atoms with E-state index in [1.54, 1.807) is 49.4 Å². The van der Waals surface area contributed by atoms with E-state index in [1.165, 1.54) is 17.1 Å². The third-order valence-corrected chi connectivity index (χ3v) is 4.94. The lowest BCUT2D eigenvalue weighted by Gasteiger charge is -2.11. The van der Waals surface area contributed by atoms with E-state index in [9.17, 15) is 28.1 Å². The number of hydrogen-bond donors (Lipinski definition) is 0. The number of alkyl halides is 3. The Morgan fingerprint density at radius 1 is 1.03 bits per heavy atom. The highest BCUT2D eigenvalue weighted by Gasteiger charge is 2.33. The minimum Gasteiger partial charge on any atom is -0.450 e. The number of anilines is 1. The van der Waals surface area contributed by atoms with Gasteiger partial charge in [0, 0.05) is 6.07 Å². The van der Waals surface area contributed by atoms with Gasteiger partial charge in [-0.1, -0.05) is 30.3 Å². The standard InChI is InChI=1S/C24H16F3N3O4/c1-15-20(23(31)29(28-15)18-7-3-2-4-8-18)13-16-6-5-9-19(12-16)34-22-11-10-17(24(25,26)27)14-21(22)30(32)33/h2-14H,1H3/b20-13-. The van der Waals surface area contributed by atoms with Gasteiger partial charge in [-0.2, -0.15) is 23.3 Å². The molecule has 1 amide bonds. The summed E-state index contributed by atoms with van der Waals surface area (Å²) >= 11 is 0. The zero-order chi connectivity index (χ0) is 24.5. The Balaban J connectivity index is 1.61. The van der Waals surface area contributed by atoms with Crippen LogP contribution in [-0.4, -0.2) is 16.5 Å². The number of carbonyl (C=O) groups is 1. The number of nitrogens with zero attached hydrogens (tertiary/aromatic N) is 3. The number of amides is 1. The van der Waals surface area contributed by atoms with Crippen LogP contribution in [0.1, 0.15) is 18.1 Å². The Morgan fingerprint density at radius 3 is 2.44 bits per heavy atom. The van der Waals surface area contributed by atoms with Crippen LogP contribution in [0.25, 0.3) is 6.08 Å². The molecule has 1 aliphatic heterocycles. The van der Waals surface area contributed by atoms with Crippen LogP contribution in [0.3, 0.4) is 0 Å². The molecule has 34 heavy (non-hydrogen) atoms. The molecule has 0 N–H and O–H groups in total. The fraction of sp³-hybridized carbons (Fsp3) is 0.0833. The molecule has 7 nitrogen and oxygen atoms in total. The van der Waals surface area contributed by atoms with Crippen molar-refractivity contribution < 1.29 is 27.6 Å². The predicted molar refractivity (Wildman–Crippen MR) is 120 cm³/mol. The van der Waals surface area contributed by atoms with Crippen molar-refractivity contribution in [1.82, 2.24) is 0 Å². The second kappa shape index (κ2) is 8.81. The third kappa shape index (κ3) is 4.65. The van der Waals surface area contributed by atoms with Gasteiger partial charge >= 0.3 is 11.9 Å². The van der Waals surface area contributed by atoms with Crippen LogP contribution in [0.2, 0.25) is 0 Å². The van der Waals surface area contributed by atoms with Gasteiger partial charge in [0.15, 0.2) is 0 Å². The van der Waals surface area contributed by atoms with Gasteiger partial charge in [0.05, 0.1) is 27.5 Å². The molecule has 0 radical (unpaired) electrons. The maximum atomic E-state index is 12.9. The van der Waals surface area contributed by atoms with E-state index in [1.807, 2.05) is 6.07 Å². The van der Waals surface area contributed by atoms with E-state index < -0.39 is 22.4 Å². The van der Waals surface area contributed by atoms with Crippen molar-refractivity contribution in [1.29, 1.82) is 0 Å². The Labute approximate surface area is 191 Å². The fourth-order valence-electron chi connectivity index (χ4n) is 3.31. The first kappa shape index (κ1) is 22.7. The SMILES string of the molecule is CC1=NN(c2ccccc2)C(=O)/C1=C\c1cccc(Oc2ccc(C(F)(F)F)cc2[N+](=O)[O-])c1. The molecule has 0 spiro atoms. The summed E-state index contributed by atoms with van der Waals surface area (Å²) in [5, 5.41) is 16.9. The topological polar surface area (TPSA) is 85.0 Å². The van der Waals surface area contributed by atoms with Crippen molar-refractivity contribution >= 4 is 29.1 Å². The number of halogens is 3. The summed E-state index contributed by atoms with van der Waals surface area (Å²) in [4.78, 5) is 23.2. The summed E-state index contributed by atoms with van der Waals surface area (Å²) < 4.78 is 44.3. The zero-order valence-electron chi connectivity index (χ0n) is 17.6. The molecular formula is C24H16F3N3O4. The maximum absolute atomic E-state index is 12.9. The molecular weight excluding hydrogens is 451 g/mol. The number of ether oxygens (including phenoxy) is 1. The third-order valence-electron chi connectivity index (χ3n) is 4.94. The number of carbonyl (C=O) groups excluding carboxylic acids is 1. The molecule has 4 rings (SSSR count). The summed E-state index contributed by atoms with van der Waals surface area (Å²) in [6.07, 6.45) is -3.13. The fourth-order valence-corrected chi connectivity index (χ4v) is 3.31. The van der Waals surface area contributed by atoms with Crippen molar-refractivity contribution in [2.75, 3.05) is 5.01 Å². The van der Waals surface area contributed by atoms with Crippen molar-refractivity contribution in [3.8, 4) is 11.5 Å². The average Bonchev–Trinajstić information content (AvgIpc) is 3.07. The minimum absolute atomic E-state index is 0.150. The molecule has 0 bridgehead atoms. The van der Waals surface area contributed by atoms with Gasteiger partial charge in [-0.15, -0.1) is 0 Å². The molecule has 1 aliphatic rings. The Hall–Kier alpha value is -4.47. The number of rotatable bonds is 5. The van der Waals surface area contributed by atoms with Gasteiger partial charge in [-0.3, -0.25) is 14.9 Å². The molecule has 1 heterocycles. The van der Waals surface area contributed by atoms with E-state index in [4.69, 9.17) is 4.74 Å². The summed E-state index contributed by atoms with van der Waals surface area (Å²) in [5.74, 6) is -0.515. The van der Waals surface area contributed by atoms with Crippen LogP contribution in [0.4, 0.5) is 24.5 Å². The predicted octanol–water partition coefficient (Wildman–Crippen LogP) is 6.21. The molecule has 0 unspecified atom stereocenters. The highest BCUT2D eigenvalue weighted by Crippen LogP contribution is 2.38. The molecule has 0 atom stereocenters. The normalized spacial score (nSPS) is 14.9. The highest BCUT2D eigenvalue weighted by molar-refractivity contribution is 6.32. The number of para-hydroxylation sites is 1. The maximum Gasteiger partial charge on any atom is 0.416 e. The summed E-state index contributed by atoms with van der Waals surface area (Å²) in [7, 11) is 0. The Kier molecular flexibility index (Phi) is 5.89. The molecule has 0 saturated heterocycles. The molecule has 10 heteroatoms. The lowest BCUT2D eigenvalue weighted by molar-refractivity contribution is -0.385. The van der Waals surface area contributed by atoms with Crippen molar-refractivity contribution in [2.24, 2.45) is 5.10 Å². The molecule has 0 saturated carbocycles. The first-order valence-electron chi connectivity index (χ1n) is 9.94. The minimum atomic E-state index is -4.73. The number of hydrazone groups is 1. The van der Waals surface area contributed by atoms with Crippen LogP contribution in [-0.2, 0) is 11.0 Å². The van der Waals surface area contributed by atoms with E-state index in [-0.39, 0.29) is 17.4 Å². The number of nitro benzene ring substituents is 1. The van der Waals surface area contributed by atoms with Gasteiger partial charge in [-0.25, -0.2) is 0 Å². The van der Waals surface area contributed by atoms with Crippen molar-refractivity contribution in [3.63, 3.8) is 0 Å². The average molecular weight is 467 g/mol. The van der Waals surface area contributed by atoms with Crippen LogP contribution in [0.15, 0.2) is 83.5 Å². The lowest BCUT2D eigenvalue weighted by Crippen LogP contribution is -2.21. The second-order valence-electron chi connectivity index (χ2n) is 7.31. The van der Waals surface area contributed by atoms with E-state index in [0.717, 1.165) is 6.07 Å². The van der Waals surface area contributed by atoms with Crippen LogP contribution in [0.5, 0.6) is 11.5 Å². The molecule has 0 aliphatic carbocycles.